The lowest BCUT2D eigenvalue weighted by atomic mass is 10.1. The topological polar surface area (TPSA) is 169 Å². The second kappa shape index (κ2) is 13.3. The van der Waals surface area contributed by atoms with E-state index in [0.717, 1.165) is 24.8 Å². The molecule has 0 bridgehead atoms. The van der Waals surface area contributed by atoms with Crippen LogP contribution in [0.25, 0.3) is 0 Å². The zero-order valence-electron chi connectivity index (χ0n) is 21.2. The summed E-state index contributed by atoms with van der Waals surface area (Å²) in [6, 6.07) is 16.0. The van der Waals surface area contributed by atoms with E-state index in [1.807, 2.05) is 19.9 Å². The van der Waals surface area contributed by atoms with E-state index in [1.54, 1.807) is 12.1 Å². The molecular weight excluding hydrogens is 508 g/mol. The molecular formula is C26H26N6O7. The number of nitro groups is 2. The van der Waals surface area contributed by atoms with Crippen molar-refractivity contribution >= 4 is 40.8 Å². The Morgan fingerprint density at radius 3 is 2.28 bits per heavy atom. The van der Waals surface area contributed by atoms with E-state index in [9.17, 15) is 29.8 Å². The summed E-state index contributed by atoms with van der Waals surface area (Å²) < 4.78 is 5.76. The summed E-state index contributed by atoms with van der Waals surface area (Å²) in [7, 11) is 0. The lowest BCUT2D eigenvalue weighted by molar-refractivity contribution is -0.385. The third kappa shape index (κ3) is 7.82. The molecule has 0 aliphatic rings. The fraction of sp³-hybridized carbons (Fsp3) is 0.192. The molecule has 2 N–H and O–H groups in total. The molecule has 13 nitrogen and oxygen atoms in total. The molecule has 0 aliphatic heterocycles. The van der Waals surface area contributed by atoms with Gasteiger partial charge in [0.15, 0.2) is 6.61 Å². The highest BCUT2D eigenvalue weighted by atomic mass is 16.6. The van der Waals surface area contributed by atoms with Crippen LogP contribution in [-0.2, 0) is 4.79 Å². The van der Waals surface area contributed by atoms with E-state index in [4.69, 9.17) is 4.74 Å². The van der Waals surface area contributed by atoms with Crippen molar-refractivity contribution in [1.82, 2.24) is 5.43 Å². The maximum absolute atomic E-state index is 12.5. The SMILES string of the molecule is CCN(CC)c1ccc(/C=N\NC(=O)c2cccc([N+](=O)[O-])c2)c(OCC(=O)Nc2cccc([N+](=O)[O-])c2)c1. The first-order valence-corrected chi connectivity index (χ1v) is 11.9. The van der Waals surface area contributed by atoms with Gasteiger partial charge < -0.3 is 15.0 Å². The van der Waals surface area contributed by atoms with Crippen molar-refractivity contribution in [3.63, 3.8) is 0 Å². The van der Waals surface area contributed by atoms with Crippen LogP contribution in [0.5, 0.6) is 5.75 Å². The molecule has 0 heterocycles. The Morgan fingerprint density at radius 1 is 0.949 bits per heavy atom. The fourth-order valence-electron chi connectivity index (χ4n) is 3.56. The molecule has 0 spiro atoms. The molecule has 39 heavy (non-hydrogen) atoms. The van der Waals surface area contributed by atoms with Crippen molar-refractivity contribution in [3.8, 4) is 5.75 Å². The quantitative estimate of drug-likeness (QED) is 0.198. The van der Waals surface area contributed by atoms with Crippen LogP contribution < -0.4 is 20.4 Å². The third-order valence-electron chi connectivity index (χ3n) is 5.51. The Hall–Kier alpha value is -5.33. The maximum Gasteiger partial charge on any atom is 0.271 e. The fourth-order valence-corrected chi connectivity index (χ4v) is 3.56. The third-order valence-corrected chi connectivity index (χ3v) is 5.51. The van der Waals surface area contributed by atoms with Crippen molar-refractivity contribution < 1.29 is 24.2 Å². The van der Waals surface area contributed by atoms with Gasteiger partial charge in [-0.05, 0) is 38.1 Å². The minimum atomic E-state index is -0.645. The van der Waals surface area contributed by atoms with E-state index >= 15 is 0 Å². The number of hydrogen-bond donors (Lipinski definition) is 2. The van der Waals surface area contributed by atoms with Crippen LogP contribution in [-0.4, -0.2) is 47.6 Å². The van der Waals surface area contributed by atoms with Crippen molar-refractivity contribution in [2.75, 3.05) is 29.9 Å². The molecule has 13 heteroatoms. The number of nitro benzene ring substituents is 2. The number of hydrazone groups is 1. The number of rotatable bonds is 12. The zero-order valence-corrected chi connectivity index (χ0v) is 21.2. The minimum Gasteiger partial charge on any atom is -0.483 e. The molecule has 0 atom stereocenters. The van der Waals surface area contributed by atoms with Crippen LogP contribution in [0.1, 0.15) is 29.8 Å². The zero-order chi connectivity index (χ0) is 28.4. The van der Waals surface area contributed by atoms with Crippen LogP contribution >= 0.6 is 0 Å². The number of nitrogens with zero attached hydrogens (tertiary/aromatic N) is 4. The van der Waals surface area contributed by atoms with Gasteiger partial charge in [-0.25, -0.2) is 5.43 Å². The minimum absolute atomic E-state index is 0.0625. The number of carbonyl (C=O) groups excluding carboxylic acids is 2. The average Bonchev–Trinajstić information content (AvgIpc) is 2.93. The van der Waals surface area contributed by atoms with E-state index in [2.05, 4.69) is 20.7 Å². The van der Waals surface area contributed by atoms with E-state index in [-0.39, 0.29) is 22.6 Å². The largest absolute Gasteiger partial charge is 0.483 e. The first kappa shape index (κ1) is 28.2. The van der Waals surface area contributed by atoms with Crippen LogP contribution in [0.4, 0.5) is 22.7 Å². The number of ether oxygens (including phenoxy) is 1. The smallest absolute Gasteiger partial charge is 0.271 e. The van der Waals surface area contributed by atoms with Crippen LogP contribution in [0.3, 0.4) is 0 Å². The number of non-ortho nitro benzene ring substituents is 2. The predicted molar refractivity (Wildman–Crippen MR) is 145 cm³/mol. The number of nitrogens with one attached hydrogen (secondary N) is 2. The highest BCUT2D eigenvalue weighted by Gasteiger charge is 2.13. The molecule has 3 aromatic rings. The second-order valence-corrected chi connectivity index (χ2v) is 8.05. The Kier molecular flexibility index (Phi) is 9.62. The van der Waals surface area contributed by atoms with Gasteiger partial charge in [0.1, 0.15) is 5.75 Å². The number of amides is 2. The van der Waals surface area contributed by atoms with E-state index < -0.39 is 28.3 Å². The summed E-state index contributed by atoms with van der Waals surface area (Å²) in [5.74, 6) is -0.874. The summed E-state index contributed by atoms with van der Waals surface area (Å²) in [5, 5.41) is 28.4. The van der Waals surface area contributed by atoms with Gasteiger partial charge in [-0.3, -0.25) is 29.8 Å². The van der Waals surface area contributed by atoms with E-state index in [1.165, 1.54) is 48.7 Å². The van der Waals surface area contributed by atoms with Crippen LogP contribution in [0.2, 0.25) is 0 Å². The van der Waals surface area contributed by atoms with E-state index in [0.29, 0.717) is 11.3 Å². The van der Waals surface area contributed by atoms with Gasteiger partial charge in [0.05, 0.1) is 16.1 Å². The molecule has 3 aromatic carbocycles. The molecule has 0 aliphatic carbocycles. The molecule has 0 fully saturated rings. The lowest BCUT2D eigenvalue weighted by Crippen LogP contribution is -2.23. The van der Waals surface area contributed by atoms with Crippen molar-refractivity contribution in [2.45, 2.75) is 13.8 Å². The lowest BCUT2D eigenvalue weighted by Gasteiger charge is -2.22. The van der Waals surface area contributed by atoms with Gasteiger partial charge in [0, 0.05) is 65.9 Å². The molecule has 3 rings (SSSR count). The van der Waals surface area contributed by atoms with Crippen LogP contribution in [0.15, 0.2) is 71.8 Å². The van der Waals surface area contributed by atoms with Crippen molar-refractivity contribution in [1.29, 1.82) is 0 Å². The van der Waals surface area contributed by atoms with Crippen LogP contribution in [0, 0.1) is 20.2 Å². The first-order valence-electron chi connectivity index (χ1n) is 11.9. The van der Waals surface area contributed by atoms with Gasteiger partial charge in [-0.1, -0.05) is 12.1 Å². The Labute approximate surface area is 223 Å². The molecule has 0 aromatic heterocycles. The van der Waals surface area contributed by atoms with Gasteiger partial charge in [0.25, 0.3) is 23.2 Å². The Bertz CT molecular complexity index is 1410. The highest BCUT2D eigenvalue weighted by Crippen LogP contribution is 2.25. The molecule has 0 radical (unpaired) electrons. The summed E-state index contributed by atoms with van der Waals surface area (Å²) in [6.45, 7) is 5.06. The second-order valence-electron chi connectivity index (χ2n) is 8.05. The number of carbonyl (C=O) groups is 2. The summed E-state index contributed by atoms with van der Waals surface area (Å²) in [4.78, 5) is 47.7. The van der Waals surface area contributed by atoms with Gasteiger partial charge in [0.2, 0.25) is 0 Å². The average molecular weight is 535 g/mol. The van der Waals surface area contributed by atoms with Gasteiger partial charge in [-0.2, -0.15) is 5.10 Å². The molecule has 0 unspecified atom stereocenters. The molecule has 2 amide bonds. The van der Waals surface area contributed by atoms with Gasteiger partial charge in [-0.15, -0.1) is 0 Å². The molecule has 202 valence electrons. The van der Waals surface area contributed by atoms with Crippen molar-refractivity contribution in [3.05, 3.63) is 98.1 Å². The summed E-state index contributed by atoms with van der Waals surface area (Å²) >= 11 is 0. The number of benzene rings is 3. The Morgan fingerprint density at radius 2 is 1.62 bits per heavy atom. The Balaban J connectivity index is 1.75. The number of hydrogen-bond acceptors (Lipinski definition) is 9. The maximum atomic E-state index is 12.5. The summed E-state index contributed by atoms with van der Waals surface area (Å²) in [5.41, 5.74) is 3.54. The normalized spacial score (nSPS) is 10.6. The first-order chi connectivity index (χ1) is 18.7. The van der Waals surface area contributed by atoms with Gasteiger partial charge >= 0.3 is 0 Å². The number of anilines is 2. The predicted octanol–water partition coefficient (Wildman–Crippen LogP) is 4.13. The summed E-state index contributed by atoms with van der Waals surface area (Å²) in [6.07, 6.45) is 1.33. The highest BCUT2D eigenvalue weighted by molar-refractivity contribution is 5.96. The molecule has 0 saturated heterocycles. The molecule has 0 saturated carbocycles. The van der Waals surface area contributed by atoms with Crippen molar-refractivity contribution in [2.24, 2.45) is 5.10 Å². The standard InChI is InChI=1S/C26H26N6O7/c1-3-30(4-2)21-12-11-19(16-27-29-26(34)18-7-5-9-22(13-18)31(35)36)24(15-21)39-17-25(33)28-20-8-6-10-23(14-20)32(37)38/h5-16H,3-4,17H2,1-2H3,(H,28,33)(H,29,34)/b27-16-. The monoisotopic (exact) mass is 534 g/mol.